The Bertz CT molecular complexity index is 344. The molecule has 2 unspecified atom stereocenters. The van der Waals surface area contributed by atoms with Crippen molar-refractivity contribution >= 4 is 6.21 Å². The average molecular weight is 324 g/mol. The summed E-state index contributed by atoms with van der Waals surface area (Å²) in [5, 5.41) is 0. The first-order valence-electron chi connectivity index (χ1n) is 9.52. The molecule has 2 atom stereocenters. The summed E-state index contributed by atoms with van der Waals surface area (Å²) in [6.07, 6.45) is 19.1. The Morgan fingerprint density at radius 3 is 2.22 bits per heavy atom. The van der Waals surface area contributed by atoms with Gasteiger partial charge in [-0.2, -0.15) is 0 Å². The fraction of sp³-hybridized carbons (Fsp3) is 0.842. The second-order valence-electron chi connectivity index (χ2n) is 6.80. The van der Waals surface area contributed by atoms with E-state index in [1.807, 2.05) is 6.08 Å². The van der Waals surface area contributed by atoms with Gasteiger partial charge in [0.1, 0.15) is 0 Å². The van der Waals surface area contributed by atoms with Crippen molar-refractivity contribution in [3.05, 3.63) is 12.3 Å². The molecule has 0 saturated carbocycles. The first-order chi connectivity index (χ1) is 11.2. The standard InChI is InChI=1S/C19H37N3O/c1-2-3-15-23-16-11-9-7-5-4-6-8-10-12-19(21)13-14-22-17-18(19)20/h13-14,17-18H,2-12,15-16,20-21H2,1H3. The Labute approximate surface area is 142 Å². The summed E-state index contributed by atoms with van der Waals surface area (Å²) in [7, 11) is 0. The molecule has 4 heteroatoms. The molecule has 1 heterocycles. The maximum atomic E-state index is 6.33. The number of unbranched alkanes of at least 4 members (excludes halogenated alkanes) is 8. The number of nitrogens with two attached hydrogens (primary N) is 2. The van der Waals surface area contributed by atoms with Crippen molar-refractivity contribution < 1.29 is 4.74 Å². The van der Waals surface area contributed by atoms with Crippen LogP contribution < -0.4 is 11.5 Å². The van der Waals surface area contributed by atoms with Crippen LogP contribution in [0.2, 0.25) is 0 Å². The Balaban J connectivity index is 1.85. The largest absolute Gasteiger partial charge is 0.381 e. The molecule has 0 aromatic rings. The van der Waals surface area contributed by atoms with E-state index in [0.29, 0.717) is 0 Å². The lowest BCUT2D eigenvalue weighted by Crippen LogP contribution is -2.55. The Hall–Kier alpha value is -0.710. The molecule has 0 fully saturated rings. The molecule has 1 aliphatic heterocycles. The van der Waals surface area contributed by atoms with E-state index < -0.39 is 0 Å². The van der Waals surface area contributed by atoms with Gasteiger partial charge in [0.05, 0.1) is 11.6 Å². The second kappa shape index (κ2) is 12.7. The summed E-state index contributed by atoms with van der Waals surface area (Å²) < 4.78 is 5.57. The van der Waals surface area contributed by atoms with E-state index in [0.717, 1.165) is 26.1 Å². The van der Waals surface area contributed by atoms with Gasteiger partial charge in [-0.1, -0.05) is 58.3 Å². The van der Waals surface area contributed by atoms with Crippen LogP contribution >= 0.6 is 0 Å². The van der Waals surface area contributed by atoms with Gasteiger partial charge in [-0.25, -0.2) is 0 Å². The van der Waals surface area contributed by atoms with Crippen molar-refractivity contribution in [1.29, 1.82) is 0 Å². The zero-order valence-corrected chi connectivity index (χ0v) is 15.0. The third-order valence-electron chi connectivity index (χ3n) is 4.63. The van der Waals surface area contributed by atoms with E-state index in [1.54, 1.807) is 12.4 Å². The van der Waals surface area contributed by atoms with Crippen LogP contribution in [0.4, 0.5) is 0 Å². The van der Waals surface area contributed by atoms with E-state index in [4.69, 9.17) is 16.2 Å². The molecule has 1 aliphatic rings. The van der Waals surface area contributed by atoms with Crippen LogP contribution in [0.1, 0.15) is 77.6 Å². The topological polar surface area (TPSA) is 73.6 Å². The highest BCUT2D eigenvalue weighted by atomic mass is 16.5. The van der Waals surface area contributed by atoms with Crippen LogP contribution in [0.5, 0.6) is 0 Å². The highest BCUT2D eigenvalue weighted by Crippen LogP contribution is 2.20. The minimum absolute atomic E-state index is 0.146. The van der Waals surface area contributed by atoms with Crippen molar-refractivity contribution in [3.8, 4) is 0 Å². The molecule has 134 valence electrons. The van der Waals surface area contributed by atoms with E-state index >= 15 is 0 Å². The number of hydrogen-bond donors (Lipinski definition) is 2. The molecule has 0 bridgehead atoms. The van der Waals surface area contributed by atoms with E-state index in [2.05, 4.69) is 11.9 Å². The van der Waals surface area contributed by atoms with Crippen molar-refractivity contribution in [2.75, 3.05) is 13.2 Å². The van der Waals surface area contributed by atoms with Crippen molar-refractivity contribution in [3.63, 3.8) is 0 Å². The van der Waals surface area contributed by atoms with Gasteiger partial charge in [0, 0.05) is 25.6 Å². The lowest BCUT2D eigenvalue weighted by atomic mass is 9.85. The zero-order chi connectivity index (χ0) is 16.8. The molecule has 4 N–H and O–H groups in total. The molecule has 0 saturated heterocycles. The van der Waals surface area contributed by atoms with Gasteiger partial charge in [0.15, 0.2) is 0 Å². The Kier molecular flexibility index (Phi) is 11.2. The minimum Gasteiger partial charge on any atom is -0.381 e. The van der Waals surface area contributed by atoms with Crippen LogP contribution in [0.25, 0.3) is 0 Å². The quantitative estimate of drug-likeness (QED) is 0.476. The van der Waals surface area contributed by atoms with Gasteiger partial charge in [0.2, 0.25) is 0 Å². The molecule has 0 aromatic carbocycles. The maximum absolute atomic E-state index is 6.33. The van der Waals surface area contributed by atoms with Crippen LogP contribution in [0, 0.1) is 0 Å². The van der Waals surface area contributed by atoms with E-state index in [9.17, 15) is 0 Å². The van der Waals surface area contributed by atoms with Gasteiger partial charge >= 0.3 is 0 Å². The van der Waals surface area contributed by atoms with Crippen LogP contribution in [-0.4, -0.2) is 31.0 Å². The van der Waals surface area contributed by atoms with Gasteiger partial charge in [-0.15, -0.1) is 0 Å². The predicted octanol–water partition coefficient (Wildman–Crippen LogP) is 3.94. The van der Waals surface area contributed by atoms with Gasteiger partial charge in [-0.3, -0.25) is 4.99 Å². The van der Waals surface area contributed by atoms with Gasteiger partial charge in [0.25, 0.3) is 0 Å². The number of nitrogens with zero attached hydrogens (tertiary/aromatic N) is 1. The molecule has 1 rings (SSSR count). The first-order valence-corrected chi connectivity index (χ1v) is 9.52. The minimum atomic E-state index is -0.389. The second-order valence-corrected chi connectivity index (χ2v) is 6.80. The zero-order valence-electron chi connectivity index (χ0n) is 15.0. The van der Waals surface area contributed by atoms with Crippen LogP contribution in [0.3, 0.4) is 0 Å². The number of hydrogen-bond acceptors (Lipinski definition) is 4. The van der Waals surface area contributed by atoms with Crippen LogP contribution in [0.15, 0.2) is 17.3 Å². The molecular formula is C19H37N3O. The average Bonchev–Trinajstić information content (AvgIpc) is 2.55. The molecule has 0 spiro atoms. The third-order valence-corrected chi connectivity index (χ3v) is 4.63. The number of rotatable bonds is 14. The summed E-state index contributed by atoms with van der Waals surface area (Å²) in [6.45, 7) is 4.07. The summed E-state index contributed by atoms with van der Waals surface area (Å²) in [5.74, 6) is 0. The predicted molar refractivity (Wildman–Crippen MR) is 99.8 cm³/mol. The first kappa shape index (κ1) is 20.3. The van der Waals surface area contributed by atoms with Crippen molar-refractivity contribution in [2.45, 2.75) is 89.1 Å². The highest BCUT2D eigenvalue weighted by Gasteiger charge is 2.29. The molecular weight excluding hydrogens is 286 g/mol. The van der Waals surface area contributed by atoms with E-state index in [-0.39, 0.29) is 11.6 Å². The summed E-state index contributed by atoms with van der Waals surface area (Å²) in [5.41, 5.74) is 12.0. The number of aliphatic imine (C=N–C) groups is 1. The molecule has 0 radical (unpaired) electrons. The van der Waals surface area contributed by atoms with E-state index in [1.165, 1.54) is 57.8 Å². The maximum Gasteiger partial charge on any atom is 0.0619 e. The molecule has 23 heavy (non-hydrogen) atoms. The fourth-order valence-electron chi connectivity index (χ4n) is 2.87. The van der Waals surface area contributed by atoms with Crippen molar-refractivity contribution in [1.82, 2.24) is 0 Å². The lowest BCUT2D eigenvalue weighted by Gasteiger charge is -2.31. The monoisotopic (exact) mass is 323 g/mol. The van der Waals surface area contributed by atoms with Crippen LogP contribution in [-0.2, 0) is 4.74 Å². The Morgan fingerprint density at radius 2 is 1.57 bits per heavy atom. The highest BCUT2D eigenvalue weighted by molar-refractivity contribution is 5.69. The number of ether oxygens (including phenoxy) is 1. The smallest absolute Gasteiger partial charge is 0.0619 e. The fourth-order valence-corrected chi connectivity index (χ4v) is 2.87. The molecule has 0 amide bonds. The van der Waals surface area contributed by atoms with Gasteiger partial charge in [-0.05, 0) is 25.3 Å². The molecule has 4 nitrogen and oxygen atoms in total. The normalized spacial score (nSPS) is 23.5. The summed E-state index contributed by atoms with van der Waals surface area (Å²) in [4.78, 5) is 4.05. The summed E-state index contributed by atoms with van der Waals surface area (Å²) >= 11 is 0. The lowest BCUT2D eigenvalue weighted by molar-refractivity contribution is 0.127. The summed E-state index contributed by atoms with van der Waals surface area (Å²) in [6, 6.07) is -0.146. The Morgan fingerprint density at radius 1 is 0.957 bits per heavy atom. The van der Waals surface area contributed by atoms with Gasteiger partial charge < -0.3 is 16.2 Å². The molecule has 0 aliphatic carbocycles. The third kappa shape index (κ3) is 9.23. The van der Waals surface area contributed by atoms with Crippen molar-refractivity contribution in [2.24, 2.45) is 16.5 Å². The SMILES string of the molecule is CCCCOCCCCCCCCCCC1(N)C=CN=CC1N. The molecule has 0 aromatic heterocycles.